The first-order valence-corrected chi connectivity index (χ1v) is 4.82. The molecule has 0 bridgehead atoms. The number of hydrogen-bond acceptors (Lipinski definition) is 4. The van der Waals surface area contributed by atoms with E-state index in [1.165, 1.54) is 18.2 Å². The largest absolute Gasteiger partial charge is 0.418 e. The molecule has 0 fully saturated rings. The van der Waals surface area contributed by atoms with E-state index < -0.39 is 16.2 Å². The standard InChI is InChI=1S/C9H3Cl2NO4/c10-4-1-2-6-5(3-4)7(11)8(12(14)15)9(13)16-6/h1-3H. The first kappa shape index (κ1) is 10.9. The van der Waals surface area contributed by atoms with Crippen LogP contribution in [0.1, 0.15) is 0 Å². The maximum Gasteiger partial charge on any atom is 0.416 e. The Morgan fingerprint density at radius 1 is 1.31 bits per heavy atom. The lowest BCUT2D eigenvalue weighted by Crippen LogP contribution is -2.07. The topological polar surface area (TPSA) is 73.3 Å². The summed E-state index contributed by atoms with van der Waals surface area (Å²) in [5.74, 6) is 0. The van der Waals surface area contributed by atoms with Crippen molar-refractivity contribution in [2.24, 2.45) is 0 Å². The summed E-state index contributed by atoms with van der Waals surface area (Å²) in [5, 5.41) is 10.9. The van der Waals surface area contributed by atoms with Crippen molar-refractivity contribution in [1.82, 2.24) is 0 Å². The molecule has 0 aliphatic carbocycles. The summed E-state index contributed by atoms with van der Waals surface area (Å²) < 4.78 is 4.75. The maximum absolute atomic E-state index is 11.3. The van der Waals surface area contributed by atoms with Gasteiger partial charge >= 0.3 is 11.3 Å². The van der Waals surface area contributed by atoms with E-state index in [9.17, 15) is 14.9 Å². The number of rotatable bonds is 1. The number of halogens is 2. The molecule has 7 heteroatoms. The van der Waals surface area contributed by atoms with Gasteiger partial charge in [-0.2, -0.15) is 0 Å². The second-order valence-electron chi connectivity index (χ2n) is 2.95. The zero-order valence-electron chi connectivity index (χ0n) is 7.57. The minimum Gasteiger partial charge on any atom is -0.418 e. The van der Waals surface area contributed by atoms with Crippen LogP contribution in [0.25, 0.3) is 11.0 Å². The predicted molar refractivity (Wildman–Crippen MR) is 59.2 cm³/mol. The Balaban J connectivity index is 2.96. The molecule has 2 rings (SSSR count). The number of benzene rings is 1. The highest BCUT2D eigenvalue weighted by atomic mass is 35.5. The van der Waals surface area contributed by atoms with Crippen molar-refractivity contribution in [3.05, 3.63) is 48.8 Å². The molecular weight excluding hydrogens is 257 g/mol. The summed E-state index contributed by atoms with van der Waals surface area (Å²) in [4.78, 5) is 21.0. The number of fused-ring (bicyclic) bond motifs is 1. The van der Waals surface area contributed by atoms with Crippen molar-refractivity contribution in [1.29, 1.82) is 0 Å². The molecule has 0 atom stereocenters. The first-order valence-electron chi connectivity index (χ1n) is 4.07. The van der Waals surface area contributed by atoms with Gasteiger partial charge in [0.1, 0.15) is 10.6 Å². The van der Waals surface area contributed by atoms with Gasteiger partial charge in [0.2, 0.25) is 0 Å². The Morgan fingerprint density at radius 3 is 2.62 bits per heavy atom. The molecule has 1 aromatic heterocycles. The van der Waals surface area contributed by atoms with Gasteiger partial charge in [0.25, 0.3) is 0 Å². The van der Waals surface area contributed by atoms with Gasteiger partial charge in [0.15, 0.2) is 0 Å². The molecule has 0 spiro atoms. The fourth-order valence-corrected chi connectivity index (χ4v) is 1.75. The van der Waals surface area contributed by atoms with Crippen LogP contribution >= 0.6 is 23.2 Å². The Labute approximate surface area is 98.3 Å². The van der Waals surface area contributed by atoms with Crippen molar-refractivity contribution in [2.45, 2.75) is 0 Å². The molecule has 0 unspecified atom stereocenters. The lowest BCUT2D eigenvalue weighted by molar-refractivity contribution is -0.387. The minimum absolute atomic E-state index is 0.157. The maximum atomic E-state index is 11.3. The molecule has 0 N–H and O–H groups in total. The lowest BCUT2D eigenvalue weighted by Gasteiger charge is -2.00. The third-order valence-corrected chi connectivity index (χ3v) is 2.58. The Morgan fingerprint density at radius 2 is 2.00 bits per heavy atom. The fraction of sp³-hybridized carbons (Fsp3) is 0. The molecule has 0 radical (unpaired) electrons. The highest BCUT2D eigenvalue weighted by Crippen LogP contribution is 2.30. The number of nitrogens with zero attached hydrogens (tertiary/aromatic N) is 1. The number of hydrogen-bond donors (Lipinski definition) is 0. The quantitative estimate of drug-likeness (QED) is 0.448. The molecular formula is C9H3Cl2NO4. The van der Waals surface area contributed by atoms with E-state index in [0.717, 1.165) is 0 Å². The molecule has 82 valence electrons. The molecule has 0 amide bonds. The predicted octanol–water partition coefficient (Wildman–Crippen LogP) is 3.01. The monoisotopic (exact) mass is 259 g/mol. The van der Waals surface area contributed by atoms with Crippen LogP contribution in [-0.2, 0) is 0 Å². The third-order valence-electron chi connectivity index (χ3n) is 1.96. The van der Waals surface area contributed by atoms with Gasteiger partial charge in [-0.15, -0.1) is 0 Å². The van der Waals surface area contributed by atoms with Crippen LogP contribution in [0.4, 0.5) is 5.69 Å². The Kier molecular flexibility index (Phi) is 2.57. The van der Waals surface area contributed by atoms with Crippen molar-refractivity contribution < 1.29 is 9.34 Å². The number of nitro groups is 1. The van der Waals surface area contributed by atoms with E-state index >= 15 is 0 Å². The van der Waals surface area contributed by atoms with Crippen molar-refractivity contribution in [3.8, 4) is 0 Å². The summed E-state index contributed by atoms with van der Waals surface area (Å²) in [6.45, 7) is 0. The fourth-order valence-electron chi connectivity index (χ4n) is 1.28. The van der Waals surface area contributed by atoms with Gasteiger partial charge in [-0.3, -0.25) is 10.1 Å². The van der Waals surface area contributed by atoms with Crippen LogP contribution in [0.5, 0.6) is 0 Å². The summed E-state index contributed by atoms with van der Waals surface area (Å²) >= 11 is 11.5. The van der Waals surface area contributed by atoms with Crippen LogP contribution in [0.15, 0.2) is 27.4 Å². The van der Waals surface area contributed by atoms with E-state index in [2.05, 4.69) is 0 Å². The molecule has 0 saturated heterocycles. The normalized spacial score (nSPS) is 10.6. The zero-order chi connectivity index (χ0) is 11.9. The second kappa shape index (κ2) is 3.77. The summed E-state index contributed by atoms with van der Waals surface area (Å²) in [7, 11) is 0. The van der Waals surface area contributed by atoms with E-state index in [0.29, 0.717) is 5.02 Å². The minimum atomic E-state index is -1.08. The van der Waals surface area contributed by atoms with Crippen molar-refractivity contribution >= 4 is 39.9 Å². The molecule has 2 aromatic rings. The van der Waals surface area contributed by atoms with Gasteiger partial charge in [0, 0.05) is 10.4 Å². The molecule has 1 aromatic carbocycles. The SMILES string of the molecule is O=c1oc2ccc(Cl)cc2c(Cl)c1[N+](=O)[O-]. The van der Waals surface area contributed by atoms with Crippen LogP contribution in [0.3, 0.4) is 0 Å². The Bertz CT molecular complexity index is 650. The molecule has 0 aliphatic rings. The summed E-state index contributed by atoms with van der Waals surface area (Å²) in [5.41, 5.74) is -1.70. The van der Waals surface area contributed by atoms with Gasteiger partial charge in [-0.25, -0.2) is 4.79 Å². The molecule has 0 aliphatic heterocycles. The van der Waals surface area contributed by atoms with Crippen LogP contribution in [0, 0.1) is 10.1 Å². The smallest absolute Gasteiger partial charge is 0.416 e. The highest BCUT2D eigenvalue weighted by Gasteiger charge is 2.23. The molecule has 16 heavy (non-hydrogen) atoms. The van der Waals surface area contributed by atoms with E-state index in [-0.39, 0.29) is 16.0 Å². The Hall–Kier alpha value is -1.59. The van der Waals surface area contributed by atoms with E-state index in [4.69, 9.17) is 27.6 Å². The lowest BCUT2D eigenvalue weighted by atomic mass is 10.2. The second-order valence-corrected chi connectivity index (χ2v) is 3.76. The van der Waals surface area contributed by atoms with Crippen molar-refractivity contribution in [2.75, 3.05) is 0 Å². The average Bonchev–Trinajstić information content (AvgIpc) is 2.19. The zero-order valence-corrected chi connectivity index (χ0v) is 9.08. The van der Waals surface area contributed by atoms with E-state index in [1.54, 1.807) is 0 Å². The van der Waals surface area contributed by atoms with Gasteiger partial charge in [-0.05, 0) is 18.2 Å². The van der Waals surface area contributed by atoms with Gasteiger partial charge < -0.3 is 4.42 Å². The van der Waals surface area contributed by atoms with Crippen molar-refractivity contribution in [3.63, 3.8) is 0 Å². The molecule has 0 saturated carbocycles. The van der Waals surface area contributed by atoms with Gasteiger partial charge in [-0.1, -0.05) is 23.2 Å². The third kappa shape index (κ3) is 1.64. The first-order chi connectivity index (χ1) is 7.50. The van der Waals surface area contributed by atoms with Crippen LogP contribution in [0.2, 0.25) is 10.0 Å². The van der Waals surface area contributed by atoms with E-state index in [1.807, 2.05) is 0 Å². The average molecular weight is 260 g/mol. The van der Waals surface area contributed by atoms with Crippen LogP contribution in [-0.4, -0.2) is 4.92 Å². The highest BCUT2D eigenvalue weighted by molar-refractivity contribution is 6.38. The summed E-state index contributed by atoms with van der Waals surface area (Å²) in [6, 6.07) is 4.32. The molecule has 1 heterocycles. The van der Waals surface area contributed by atoms with Crippen LogP contribution < -0.4 is 5.63 Å². The van der Waals surface area contributed by atoms with Gasteiger partial charge in [0.05, 0.1) is 4.92 Å². The molecule has 5 nitrogen and oxygen atoms in total. The summed E-state index contributed by atoms with van der Waals surface area (Å²) in [6.07, 6.45) is 0.